The normalized spacial score (nSPS) is 18.0. The number of hydrogen-bond acceptors (Lipinski definition) is 5. The summed E-state index contributed by atoms with van der Waals surface area (Å²) in [6.45, 7) is 2.52. The molecule has 0 aliphatic carbocycles. The predicted octanol–water partition coefficient (Wildman–Crippen LogP) is 4.23. The van der Waals surface area contributed by atoms with Gasteiger partial charge < -0.3 is 10.1 Å². The highest BCUT2D eigenvalue weighted by Gasteiger charge is 2.32. The number of nitrogens with one attached hydrogen (secondary N) is 1. The molecule has 2 aromatic carbocycles. The summed E-state index contributed by atoms with van der Waals surface area (Å²) in [7, 11) is 0. The lowest BCUT2D eigenvalue weighted by Gasteiger charge is -2.04. The fraction of sp³-hybridized carbons (Fsp3) is 0.211. The Balaban J connectivity index is 1.64. The number of amides is 1. The molecule has 3 rings (SSSR count). The van der Waals surface area contributed by atoms with Gasteiger partial charge in [-0.2, -0.15) is 0 Å². The number of benzene rings is 2. The number of carbonyl (C=O) groups excluding carboxylic acids is 2. The van der Waals surface area contributed by atoms with Crippen LogP contribution in [0.5, 0.6) is 5.75 Å². The number of nitrogens with zero attached hydrogens (tertiary/aromatic N) is 1. The van der Waals surface area contributed by atoms with Gasteiger partial charge in [0.25, 0.3) is 0 Å². The number of rotatable bonds is 6. The van der Waals surface area contributed by atoms with Crippen molar-refractivity contribution in [3.63, 3.8) is 0 Å². The van der Waals surface area contributed by atoms with Crippen LogP contribution in [0.15, 0.2) is 53.5 Å². The van der Waals surface area contributed by atoms with Gasteiger partial charge in [-0.25, -0.2) is 4.99 Å². The second kappa shape index (κ2) is 8.38. The molecule has 0 saturated carbocycles. The molecule has 0 bridgehead atoms. The highest BCUT2D eigenvalue weighted by Crippen LogP contribution is 2.27. The smallest absolute Gasteiger partial charge is 0.240 e. The molecular formula is C19H17ClN2O3S. The van der Waals surface area contributed by atoms with Gasteiger partial charge in [-0.1, -0.05) is 23.4 Å². The molecule has 1 fully saturated rings. The van der Waals surface area contributed by atoms with Gasteiger partial charge in [0.2, 0.25) is 5.91 Å². The van der Waals surface area contributed by atoms with Crippen LogP contribution < -0.4 is 10.1 Å². The van der Waals surface area contributed by atoms with Crippen molar-refractivity contribution >= 4 is 45.9 Å². The Morgan fingerprint density at radius 3 is 2.54 bits per heavy atom. The maximum atomic E-state index is 12.3. The Kier molecular flexibility index (Phi) is 5.96. The zero-order valence-electron chi connectivity index (χ0n) is 14.1. The first-order valence-electron chi connectivity index (χ1n) is 8.13. The third-order valence-corrected chi connectivity index (χ3v) is 5.03. The Hall–Kier alpha value is -2.31. The molecule has 1 heterocycles. The van der Waals surface area contributed by atoms with Gasteiger partial charge >= 0.3 is 0 Å². The van der Waals surface area contributed by atoms with Crippen molar-refractivity contribution in [2.24, 2.45) is 4.99 Å². The molecule has 1 atom stereocenters. The summed E-state index contributed by atoms with van der Waals surface area (Å²) in [4.78, 5) is 28.9. The fourth-order valence-corrected chi connectivity index (χ4v) is 3.53. The summed E-state index contributed by atoms with van der Waals surface area (Å²) in [6, 6.07) is 13.9. The van der Waals surface area contributed by atoms with E-state index in [1.54, 1.807) is 24.3 Å². The van der Waals surface area contributed by atoms with E-state index in [0.29, 0.717) is 28.0 Å². The molecule has 0 aromatic heterocycles. The number of amidine groups is 1. The molecule has 1 aliphatic heterocycles. The van der Waals surface area contributed by atoms with Crippen LogP contribution in [-0.4, -0.2) is 28.7 Å². The maximum Gasteiger partial charge on any atom is 0.240 e. The molecule has 0 spiro atoms. The predicted molar refractivity (Wildman–Crippen MR) is 105 cm³/mol. The lowest BCUT2D eigenvalue weighted by Crippen LogP contribution is -2.26. The largest absolute Gasteiger partial charge is 0.494 e. The Morgan fingerprint density at radius 2 is 1.88 bits per heavy atom. The third-order valence-electron chi connectivity index (χ3n) is 3.69. The van der Waals surface area contributed by atoms with Crippen molar-refractivity contribution in [1.82, 2.24) is 5.32 Å². The monoisotopic (exact) mass is 388 g/mol. The summed E-state index contributed by atoms with van der Waals surface area (Å²) >= 11 is 7.10. The number of ether oxygens (including phenoxy) is 1. The van der Waals surface area contributed by atoms with Gasteiger partial charge in [0.05, 0.1) is 17.5 Å². The molecule has 1 aliphatic rings. The lowest BCUT2D eigenvalue weighted by molar-refractivity contribution is -0.118. The van der Waals surface area contributed by atoms with E-state index in [0.717, 1.165) is 5.75 Å². The summed E-state index contributed by atoms with van der Waals surface area (Å²) < 4.78 is 5.39. The van der Waals surface area contributed by atoms with E-state index in [2.05, 4.69) is 10.3 Å². The quantitative estimate of drug-likeness (QED) is 0.752. The zero-order valence-corrected chi connectivity index (χ0v) is 15.6. The lowest BCUT2D eigenvalue weighted by atomic mass is 10.1. The van der Waals surface area contributed by atoms with E-state index in [4.69, 9.17) is 16.3 Å². The Labute approximate surface area is 160 Å². The SMILES string of the molecule is CCOc1ccc(N=C2NC(=O)[C@H](CC(=O)c3ccc(Cl)cc3)S2)cc1. The molecule has 1 amide bonds. The number of carbonyl (C=O) groups is 2. The number of Topliss-reactive ketones (excluding diaryl/α,β-unsaturated/α-hetero) is 1. The van der Waals surface area contributed by atoms with E-state index >= 15 is 0 Å². The Bertz CT molecular complexity index is 835. The molecule has 0 radical (unpaired) electrons. The van der Waals surface area contributed by atoms with Crippen LogP contribution in [0.25, 0.3) is 0 Å². The minimum atomic E-state index is -0.486. The van der Waals surface area contributed by atoms with E-state index in [1.807, 2.05) is 31.2 Å². The van der Waals surface area contributed by atoms with Crippen LogP contribution in [0, 0.1) is 0 Å². The van der Waals surface area contributed by atoms with Crippen LogP contribution in [0.2, 0.25) is 5.02 Å². The van der Waals surface area contributed by atoms with Crippen molar-refractivity contribution < 1.29 is 14.3 Å². The molecule has 5 nitrogen and oxygen atoms in total. The minimum Gasteiger partial charge on any atom is -0.494 e. The molecule has 0 unspecified atom stereocenters. The second-order valence-electron chi connectivity index (χ2n) is 5.57. The first-order valence-corrected chi connectivity index (χ1v) is 9.39. The topological polar surface area (TPSA) is 67.8 Å². The van der Waals surface area contributed by atoms with E-state index < -0.39 is 5.25 Å². The van der Waals surface area contributed by atoms with Crippen molar-refractivity contribution in [1.29, 1.82) is 0 Å². The van der Waals surface area contributed by atoms with Crippen LogP contribution in [0.3, 0.4) is 0 Å². The van der Waals surface area contributed by atoms with Crippen molar-refractivity contribution in [3.8, 4) is 5.75 Å². The van der Waals surface area contributed by atoms with Gasteiger partial charge in [-0.15, -0.1) is 0 Å². The van der Waals surface area contributed by atoms with Gasteiger partial charge in [-0.05, 0) is 55.5 Å². The van der Waals surface area contributed by atoms with Crippen molar-refractivity contribution in [3.05, 3.63) is 59.1 Å². The van der Waals surface area contributed by atoms with Crippen LogP contribution in [0.4, 0.5) is 5.69 Å². The highest BCUT2D eigenvalue weighted by atomic mass is 35.5. The zero-order chi connectivity index (χ0) is 18.5. The van der Waals surface area contributed by atoms with Crippen LogP contribution in [-0.2, 0) is 4.79 Å². The van der Waals surface area contributed by atoms with Gasteiger partial charge in [0.15, 0.2) is 11.0 Å². The van der Waals surface area contributed by atoms with Crippen molar-refractivity contribution in [2.45, 2.75) is 18.6 Å². The molecule has 1 N–H and O–H groups in total. The third kappa shape index (κ3) is 4.65. The summed E-state index contributed by atoms with van der Waals surface area (Å²) in [5.74, 6) is 0.463. The molecule has 26 heavy (non-hydrogen) atoms. The van der Waals surface area contributed by atoms with Crippen LogP contribution >= 0.6 is 23.4 Å². The molecule has 1 saturated heterocycles. The van der Waals surface area contributed by atoms with Gasteiger partial charge in [-0.3, -0.25) is 9.59 Å². The van der Waals surface area contributed by atoms with E-state index in [9.17, 15) is 9.59 Å². The highest BCUT2D eigenvalue weighted by molar-refractivity contribution is 8.15. The fourth-order valence-electron chi connectivity index (χ4n) is 2.42. The second-order valence-corrected chi connectivity index (χ2v) is 7.20. The van der Waals surface area contributed by atoms with Crippen LogP contribution in [0.1, 0.15) is 23.7 Å². The molecule has 2 aromatic rings. The summed E-state index contributed by atoms with van der Waals surface area (Å²) in [5, 5.41) is 3.30. The molecule has 7 heteroatoms. The summed E-state index contributed by atoms with van der Waals surface area (Å²) in [5.41, 5.74) is 1.25. The minimum absolute atomic E-state index is 0.100. The van der Waals surface area contributed by atoms with Gasteiger partial charge in [0, 0.05) is 17.0 Å². The number of thioether (sulfide) groups is 1. The van der Waals surface area contributed by atoms with E-state index in [-0.39, 0.29) is 18.1 Å². The average Bonchev–Trinajstić information content (AvgIpc) is 2.96. The first kappa shape index (κ1) is 18.5. The number of hydrogen-bond donors (Lipinski definition) is 1. The maximum absolute atomic E-state index is 12.3. The number of halogens is 1. The van der Waals surface area contributed by atoms with Crippen molar-refractivity contribution in [2.75, 3.05) is 6.61 Å². The number of ketones is 1. The number of aliphatic imine (C=N–C) groups is 1. The average molecular weight is 389 g/mol. The molecule has 134 valence electrons. The van der Waals surface area contributed by atoms with E-state index in [1.165, 1.54) is 11.8 Å². The summed E-state index contributed by atoms with van der Waals surface area (Å²) in [6.07, 6.45) is 0.112. The molecular weight excluding hydrogens is 372 g/mol. The first-order chi connectivity index (χ1) is 12.5. The standard InChI is InChI=1S/C19H17ClN2O3S/c1-2-25-15-9-7-14(8-10-15)21-19-22-18(24)17(26-19)11-16(23)12-3-5-13(20)6-4-12/h3-10,17H,2,11H2,1H3,(H,21,22,24)/t17-/m0/s1. The Morgan fingerprint density at radius 1 is 1.19 bits per heavy atom. The van der Waals surface area contributed by atoms with Gasteiger partial charge in [0.1, 0.15) is 5.75 Å².